The molecule has 1 atom stereocenters. The van der Waals surface area contributed by atoms with E-state index in [4.69, 9.17) is 20.1 Å². The van der Waals surface area contributed by atoms with Gasteiger partial charge < -0.3 is 22.9 Å². The predicted octanol–water partition coefficient (Wildman–Crippen LogP) is 6.45. The van der Waals surface area contributed by atoms with Crippen molar-refractivity contribution in [3.8, 4) is 0 Å². The molecule has 0 spiro atoms. The number of primary amides is 3. The monoisotopic (exact) mass is 563 g/mol. The summed E-state index contributed by atoms with van der Waals surface area (Å²) in [7, 11) is 0. The van der Waals surface area contributed by atoms with Gasteiger partial charge in [0.25, 0.3) is 0 Å². The maximum absolute atomic E-state index is 8.58. The third-order valence-electron chi connectivity index (χ3n) is 6.29. The molecule has 0 aliphatic heterocycles. The average molecular weight is 564 g/mol. The number of aryl methyl sites for hydroxylation is 1. The number of amides is 3. The van der Waals surface area contributed by atoms with E-state index in [9.17, 15) is 0 Å². The van der Waals surface area contributed by atoms with Gasteiger partial charge in [-0.05, 0) is 61.4 Å². The topological polar surface area (TPSA) is 168 Å². The van der Waals surface area contributed by atoms with Crippen molar-refractivity contribution < 1.29 is 14.4 Å². The lowest BCUT2D eigenvalue weighted by atomic mass is 9.84. The summed E-state index contributed by atoms with van der Waals surface area (Å²) in [6.45, 7) is 17.3. The second kappa shape index (κ2) is 36.0. The summed E-state index contributed by atoms with van der Waals surface area (Å²) in [6.07, 6.45) is 19.1. The fourth-order valence-electron chi connectivity index (χ4n) is 4.02. The Bertz CT molecular complexity index is 717. The number of aliphatic imine (C=N–C) groups is 1. The molecule has 1 aliphatic rings. The summed E-state index contributed by atoms with van der Waals surface area (Å²) in [4.78, 5) is 29.7. The minimum Gasteiger partial charge on any atom is -0.372 e. The van der Waals surface area contributed by atoms with Crippen molar-refractivity contribution in [2.24, 2.45) is 39.8 Å². The van der Waals surface area contributed by atoms with E-state index in [1.54, 1.807) is 0 Å². The molecule has 8 nitrogen and oxygen atoms in total. The van der Waals surface area contributed by atoms with Crippen LogP contribution in [0.25, 0.3) is 0 Å². The number of unbranched alkanes of at least 4 members (excludes halogenated alkanes) is 2. The normalized spacial score (nSPS) is 12.3. The highest BCUT2D eigenvalue weighted by atomic mass is 16.1. The average Bonchev–Trinajstić information content (AvgIpc) is 3.47. The van der Waals surface area contributed by atoms with Crippen molar-refractivity contribution in [2.75, 3.05) is 6.54 Å². The molecule has 1 aliphatic carbocycles. The molecule has 1 aromatic carbocycles. The smallest absolute Gasteiger partial charge is 0.204 e. The number of rotatable bonds is 10. The highest BCUT2D eigenvalue weighted by molar-refractivity contribution is 5.52. The van der Waals surface area contributed by atoms with Crippen LogP contribution in [0.2, 0.25) is 0 Å². The zero-order valence-corrected chi connectivity index (χ0v) is 26.3. The number of allylic oxidation sites excluding steroid dienone is 1. The molecule has 1 saturated carbocycles. The molecule has 40 heavy (non-hydrogen) atoms. The quantitative estimate of drug-likeness (QED) is 0.146. The van der Waals surface area contributed by atoms with E-state index < -0.39 is 0 Å². The third kappa shape index (κ3) is 29.6. The Hall–Kier alpha value is -3.00. The minimum absolute atomic E-state index is 0.250. The fraction of sp³-hybridized carbons (Fsp3) is 0.625. The van der Waals surface area contributed by atoms with Crippen molar-refractivity contribution in [2.45, 2.75) is 112 Å². The van der Waals surface area contributed by atoms with Gasteiger partial charge in [0.05, 0.1) is 5.69 Å². The molecular formula is C32H61N5O3. The van der Waals surface area contributed by atoms with Crippen LogP contribution in [0.1, 0.15) is 116 Å². The summed E-state index contributed by atoms with van der Waals surface area (Å²) < 4.78 is 0. The van der Waals surface area contributed by atoms with Crippen molar-refractivity contribution in [1.29, 1.82) is 0 Å². The van der Waals surface area contributed by atoms with E-state index in [1.807, 2.05) is 6.07 Å². The minimum atomic E-state index is 0.250. The second-order valence-corrected chi connectivity index (χ2v) is 9.66. The zero-order chi connectivity index (χ0) is 31.6. The Balaban J connectivity index is -0.000000229. The number of benzene rings is 1. The van der Waals surface area contributed by atoms with Gasteiger partial charge in [-0.2, -0.15) is 0 Å². The Kier molecular flexibility index (Phi) is 39.6. The van der Waals surface area contributed by atoms with Gasteiger partial charge >= 0.3 is 0 Å². The molecule has 0 bridgehead atoms. The first kappa shape index (κ1) is 44.0. The van der Waals surface area contributed by atoms with Crippen LogP contribution in [0.15, 0.2) is 35.3 Å². The Morgan fingerprint density at radius 1 is 0.925 bits per heavy atom. The highest BCUT2D eigenvalue weighted by Gasteiger charge is 2.23. The molecule has 1 aromatic rings. The first-order valence-electron chi connectivity index (χ1n) is 14.6. The molecule has 1 unspecified atom stereocenters. The van der Waals surface area contributed by atoms with Gasteiger partial charge in [-0.1, -0.05) is 110 Å². The van der Waals surface area contributed by atoms with Crippen LogP contribution in [0.3, 0.4) is 0 Å². The van der Waals surface area contributed by atoms with Gasteiger partial charge in [-0.15, -0.1) is 0 Å². The number of carbonyl (C=O) groups excluding carboxylic acids is 3. The molecular weight excluding hydrogens is 502 g/mol. The number of hydrogen-bond acceptors (Lipinski definition) is 5. The van der Waals surface area contributed by atoms with E-state index in [0.29, 0.717) is 12.5 Å². The molecule has 8 heteroatoms. The summed E-state index contributed by atoms with van der Waals surface area (Å²) >= 11 is 0. The summed E-state index contributed by atoms with van der Waals surface area (Å²) in [5.74, 6) is 2.54. The molecule has 232 valence electrons. The van der Waals surface area contributed by atoms with Crippen LogP contribution < -0.4 is 22.9 Å². The van der Waals surface area contributed by atoms with Crippen LogP contribution in [0, 0.1) is 18.8 Å². The number of carbonyl (C=O) groups is 3. The Morgan fingerprint density at radius 2 is 1.43 bits per heavy atom. The predicted molar refractivity (Wildman–Crippen MR) is 174 cm³/mol. The van der Waals surface area contributed by atoms with Gasteiger partial charge in [0.15, 0.2) is 0 Å². The van der Waals surface area contributed by atoms with Gasteiger partial charge in [0.2, 0.25) is 19.2 Å². The molecule has 2 rings (SSSR count). The van der Waals surface area contributed by atoms with E-state index in [-0.39, 0.29) is 19.2 Å². The van der Waals surface area contributed by atoms with Crippen LogP contribution in [-0.4, -0.2) is 32.5 Å². The number of nitrogens with two attached hydrogens (primary N) is 4. The summed E-state index contributed by atoms with van der Waals surface area (Å²) in [5.41, 5.74) is 21.5. The van der Waals surface area contributed by atoms with Gasteiger partial charge in [0.1, 0.15) is 0 Å². The lowest BCUT2D eigenvalue weighted by Gasteiger charge is -2.21. The molecule has 0 radical (unpaired) electrons. The van der Waals surface area contributed by atoms with E-state index in [2.05, 4.69) is 94.7 Å². The zero-order valence-electron chi connectivity index (χ0n) is 26.3. The standard InChI is InChI=1S/C14H27N.C11H15N.C4H10.3CH3NO/c1-2-3-8-13(11-6-7-12-15)14-9-4-5-10-14;1-8(2)10-5-6-11(12-4)9(3)7-10;1-3-4-2;3*2-1-3/h6-7,13-14H,2-5,8-12,15H2,1H3;5-8H,4H2,1-3H3;3-4H2,1-2H3;3*1H,(H2,2,3)/b7-6+;;;;;. The van der Waals surface area contributed by atoms with Crippen LogP contribution >= 0.6 is 0 Å². The highest BCUT2D eigenvalue weighted by Crippen LogP contribution is 2.36. The van der Waals surface area contributed by atoms with Crippen LogP contribution in [-0.2, 0) is 14.4 Å². The van der Waals surface area contributed by atoms with Crippen molar-refractivity contribution in [3.05, 3.63) is 41.5 Å². The molecule has 1 fully saturated rings. The van der Waals surface area contributed by atoms with E-state index in [0.717, 1.165) is 17.5 Å². The lowest BCUT2D eigenvalue weighted by Crippen LogP contribution is -2.11. The Labute approximate surface area is 245 Å². The van der Waals surface area contributed by atoms with Crippen molar-refractivity contribution in [1.82, 2.24) is 0 Å². The lowest BCUT2D eigenvalue weighted by molar-refractivity contribution is -0.107. The van der Waals surface area contributed by atoms with Crippen LogP contribution in [0.4, 0.5) is 5.69 Å². The summed E-state index contributed by atoms with van der Waals surface area (Å²) in [6, 6.07) is 6.31. The fourth-order valence-corrected chi connectivity index (χ4v) is 4.02. The van der Waals surface area contributed by atoms with Crippen molar-refractivity contribution in [3.63, 3.8) is 0 Å². The summed E-state index contributed by atoms with van der Waals surface area (Å²) in [5, 5.41) is 0. The maximum atomic E-state index is 8.58. The molecule has 0 heterocycles. The van der Waals surface area contributed by atoms with Crippen LogP contribution in [0.5, 0.6) is 0 Å². The van der Waals surface area contributed by atoms with E-state index in [1.165, 1.54) is 75.3 Å². The second-order valence-electron chi connectivity index (χ2n) is 9.66. The maximum Gasteiger partial charge on any atom is 0.204 e. The Morgan fingerprint density at radius 3 is 1.77 bits per heavy atom. The molecule has 8 N–H and O–H groups in total. The first-order valence-corrected chi connectivity index (χ1v) is 14.6. The molecule has 0 aromatic heterocycles. The number of hydrogen-bond donors (Lipinski definition) is 4. The van der Waals surface area contributed by atoms with E-state index >= 15 is 0 Å². The largest absolute Gasteiger partial charge is 0.372 e. The molecule has 3 amide bonds. The SMILES string of the molecule is C=Nc1ccc(C(C)C)cc1C.CCCC.CCCCC(C/C=C/CN)C1CCCC1.NC=O.NC=O.NC=O. The first-order chi connectivity index (χ1) is 19.2. The van der Waals surface area contributed by atoms with Gasteiger partial charge in [-0.3, -0.25) is 19.4 Å². The van der Waals surface area contributed by atoms with Gasteiger partial charge in [0, 0.05) is 6.54 Å². The third-order valence-corrected chi connectivity index (χ3v) is 6.29. The molecule has 0 saturated heterocycles. The number of nitrogens with zero attached hydrogens (tertiary/aromatic N) is 1. The van der Waals surface area contributed by atoms with Gasteiger partial charge in [-0.25, -0.2) is 0 Å². The van der Waals surface area contributed by atoms with Crippen molar-refractivity contribution >= 4 is 31.6 Å².